The highest BCUT2D eigenvalue weighted by atomic mass is 19.1. The Hall–Kier alpha value is -1.64. The Bertz CT molecular complexity index is 482. The molecule has 2 nitrogen and oxygen atoms in total. The molecule has 0 atom stereocenters. The summed E-state index contributed by atoms with van der Waals surface area (Å²) in [6, 6.07) is 4.97. The minimum absolute atomic E-state index is 0.267. The summed E-state index contributed by atoms with van der Waals surface area (Å²) in [6.07, 6.45) is 1.70. The third-order valence-corrected chi connectivity index (χ3v) is 2.24. The van der Waals surface area contributed by atoms with Crippen molar-refractivity contribution >= 4 is 10.8 Å². The molecule has 1 aromatic heterocycles. The number of aromatic nitrogens is 1. The van der Waals surface area contributed by atoms with E-state index in [0.717, 1.165) is 16.5 Å². The van der Waals surface area contributed by atoms with Crippen molar-refractivity contribution in [1.82, 2.24) is 4.98 Å². The maximum absolute atomic E-state index is 13.3. The van der Waals surface area contributed by atoms with Crippen molar-refractivity contribution in [3.05, 3.63) is 35.9 Å². The first-order chi connectivity index (χ1) is 6.72. The van der Waals surface area contributed by atoms with Gasteiger partial charge in [0.1, 0.15) is 0 Å². The molecule has 2 rings (SSSR count). The van der Waals surface area contributed by atoms with Crippen LogP contribution in [0.2, 0.25) is 0 Å². The molecule has 14 heavy (non-hydrogen) atoms. The van der Waals surface area contributed by atoms with Gasteiger partial charge in [-0.15, -0.1) is 0 Å². The summed E-state index contributed by atoms with van der Waals surface area (Å²) >= 11 is 0. The van der Waals surface area contributed by atoms with Crippen molar-refractivity contribution in [3.63, 3.8) is 0 Å². The third-order valence-electron chi connectivity index (χ3n) is 2.24. The van der Waals surface area contributed by atoms with Gasteiger partial charge >= 0.3 is 0 Å². The van der Waals surface area contributed by atoms with Crippen molar-refractivity contribution < 1.29 is 9.13 Å². The fraction of sp³-hybridized carbons (Fsp3) is 0.182. The van der Waals surface area contributed by atoms with Crippen molar-refractivity contribution in [2.24, 2.45) is 0 Å². The van der Waals surface area contributed by atoms with Gasteiger partial charge in [0.15, 0.2) is 11.6 Å². The lowest BCUT2D eigenvalue weighted by Crippen LogP contribution is -1.90. The van der Waals surface area contributed by atoms with Crippen LogP contribution in [0.25, 0.3) is 10.8 Å². The number of nitrogens with zero attached hydrogens (tertiary/aromatic N) is 1. The lowest BCUT2D eigenvalue weighted by atomic mass is 10.1. The van der Waals surface area contributed by atoms with Crippen LogP contribution in [0.15, 0.2) is 24.4 Å². The lowest BCUT2D eigenvalue weighted by molar-refractivity contribution is 0.387. The summed E-state index contributed by atoms with van der Waals surface area (Å²) < 4.78 is 18.2. The number of ether oxygens (including phenoxy) is 1. The van der Waals surface area contributed by atoms with E-state index in [9.17, 15) is 4.39 Å². The van der Waals surface area contributed by atoms with Crippen molar-refractivity contribution in [2.45, 2.75) is 6.92 Å². The van der Waals surface area contributed by atoms with Crippen molar-refractivity contribution in [2.75, 3.05) is 7.11 Å². The molecule has 0 N–H and O–H groups in total. The molecular weight excluding hydrogens is 181 g/mol. The van der Waals surface area contributed by atoms with Gasteiger partial charge in [-0.25, -0.2) is 4.39 Å². The van der Waals surface area contributed by atoms with Crippen molar-refractivity contribution in [3.8, 4) is 5.75 Å². The fourth-order valence-corrected chi connectivity index (χ4v) is 1.48. The summed E-state index contributed by atoms with van der Waals surface area (Å²) in [4.78, 5) is 4.10. The van der Waals surface area contributed by atoms with Gasteiger partial charge in [-0.1, -0.05) is 0 Å². The minimum atomic E-state index is -0.351. The molecule has 1 heterocycles. The fourth-order valence-electron chi connectivity index (χ4n) is 1.48. The molecule has 1 aromatic carbocycles. The van der Waals surface area contributed by atoms with E-state index in [1.54, 1.807) is 12.3 Å². The first-order valence-corrected chi connectivity index (χ1v) is 4.31. The first-order valence-electron chi connectivity index (χ1n) is 4.31. The molecular formula is C11H10FNO. The first kappa shape index (κ1) is 8.94. The molecule has 0 saturated carbocycles. The summed E-state index contributed by atoms with van der Waals surface area (Å²) in [7, 11) is 1.46. The number of hydrogen-bond donors (Lipinski definition) is 0. The summed E-state index contributed by atoms with van der Waals surface area (Å²) in [5.74, 6) is -0.0841. The van der Waals surface area contributed by atoms with E-state index in [1.165, 1.54) is 13.2 Å². The number of hydrogen-bond acceptors (Lipinski definition) is 2. The third kappa shape index (κ3) is 1.31. The molecule has 0 aliphatic heterocycles. The Morgan fingerprint density at radius 2 is 2.14 bits per heavy atom. The average molecular weight is 191 g/mol. The van der Waals surface area contributed by atoms with Gasteiger partial charge in [0.25, 0.3) is 0 Å². The number of rotatable bonds is 1. The van der Waals surface area contributed by atoms with Gasteiger partial charge in [0, 0.05) is 17.3 Å². The summed E-state index contributed by atoms with van der Waals surface area (Å²) in [5, 5.41) is 1.77. The highest BCUT2D eigenvalue weighted by Gasteiger charge is 2.06. The number of halogens is 1. The van der Waals surface area contributed by atoms with E-state index in [2.05, 4.69) is 4.98 Å². The van der Waals surface area contributed by atoms with Crippen LogP contribution in [0.5, 0.6) is 5.75 Å². The van der Waals surface area contributed by atoms with E-state index >= 15 is 0 Å². The minimum Gasteiger partial charge on any atom is -0.494 e. The highest BCUT2D eigenvalue weighted by Crippen LogP contribution is 2.25. The average Bonchev–Trinajstić information content (AvgIpc) is 2.19. The van der Waals surface area contributed by atoms with Crippen LogP contribution in [-0.4, -0.2) is 12.1 Å². The molecule has 2 aromatic rings. The molecule has 72 valence electrons. The molecule has 0 radical (unpaired) electrons. The van der Waals surface area contributed by atoms with E-state index in [4.69, 9.17) is 4.74 Å². The zero-order valence-electron chi connectivity index (χ0n) is 8.04. The molecule has 0 bridgehead atoms. The normalized spacial score (nSPS) is 10.5. The van der Waals surface area contributed by atoms with Gasteiger partial charge in [-0.2, -0.15) is 0 Å². The Kier molecular flexibility index (Phi) is 2.08. The van der Waals surface area contributed by atoms with Crippen LogP contribution in [0.3, 0.4) is 0 Å². The number of fused-ring (bicyclic) bond motifs is 1. The van der Waals surface area contributed by atoms with Gasteiger partial charge < -0.3 is 4.74 Å². The topological polar surface area (TPSA) is 22.1 Å². The van der Waals surface area contributed by atoms with Gasteiger partial charge in [0.05, 0.1) is 7.11 Å². The Balaban J connectivity index is 2.79. The predicted molar refractivity (Wildman–Crippen MR) is 53.0 cm³/mol. The van der Waals surface area contributed by atoms with Gasteiger partial charge in [0.2, 0.25) is 0 Å². The largest absolute Gasteiger partial charge is 0.494 e. The van der Waals surface area contributed by atoms with Crippen LogP contribution >= 0.6 is 0 Å². The smallest absolute Gasteiger partial charge is 0.165 e. The second kappa shape index (κ2) is 3.25. The second-order valence-electron chi connectivity index (χ2n) is 3.10. The summed E-state index contributed by atoms with van der Waals surface area (Å²) in [6.45, 7) is 1.86. The van der Waals surface area contributed by atoms with Crippen LogP contribution in [0.1, 0.15) is 5.69 Å². The monoisotopic (exact) mass is 191 g/mol. The van der Waals surface area contributed by atoms with Crippen LogP contribution < -0.4 is 4.74 Å². The standard InChI is InChI=1S/C11H10FNO/c1-7-9-6-10(12)11(14-2)5-8(9)3-4-13-7/h3-6H,1-2H3. The number of benzene rings is 1. The zero-order valence-corrected chi connectivity index (χ0v) is 8.04. The van der Waals surface area contributed by atoms with Crippen LogP contribution in [0.4, 0.5) is 4.39 Å². The Morgan fingerprint density at radius 1 is 1.36 bits per heavy atom. The van der Waals surface area contributed by atoms with Gasteiger partial charge in [-0.05, 0) is 30.5 Å². The Labute approximate surface area is 81.3 Å². The number of aryl methyl sites for hydroxylation is 1. The molecule has 0 saturated heterocycles. The molecule has 0 aliphatic carbocycles. The molecule has 0 amide bonds. The predicted octanol–water partition coefficient (Wildman–Crippen LogP) is 2.69. The molecule has 0 fully saturated rings. The van der Waals surface area contributed by atoms with Gasteiger partial charge in [-0.3, -0.25) is 4.98 Å². The van der Waals surface area contributed by atoms with E-state index in [-0.39, 0.29) is 11.6 Å². The van der Waals surface area contributed by atoms with Crippen LogP contribution in [-0.2, 0) is 0 Å². The van der Waals surface area contributed by atoms with E-state index in [1.807, 2.05) is 13.0 Å². The summed E-state index contributed by atoms with van der Waals surface area (Å²) in [5.41, 5.74) is 0.823. The lowest BCUT2D eigenvalue weighted by Gasteiger charge is -2.05. The maximum Gasteiger partial charge on any atom is 0.165 e. The zero-order chi connectivity index (χ0) is 10.1. The molecule has 0 unspecified atom stereocenters. The SMILES string of the molecule is COc1cc2ccnc(C)c2cc1F. The highest BCUT2D eigenvalue weighted by molar-refractivity contribution is 5.85. The second-order valence-corrected chi connectivity index (χ2v) is 3.10. The van der Waals surface area contributed by atoms with Crippen LogP contribution in [0, 0.1) is 12.7 Å². The molecule has 0 aliphatic rings. The van der Waals surface area contributed by atoms with E-state index < -0.39 is 0 Å². The molecule has 0 spiro atoms. The quantitative estimate of drug-likeness (QED) is 0.691. The maximum atomic E-state index is 13.3. The van der Waals surface area contributed by atoms with Crippen molar-refractivity contribution in [1.29, 1.82) is 0 Å². The molecule has 3 heteroatoms. The number of methoxy groups -OCH3 is 1. The number of pyridine rings is 1. The van der Waals surface area contributed by atoms with E-state index in [0.29, 0.717) is 0 Å². The Morgan fingerprint density at radius 3 is 2.86 bits per heavy atom.